The molecule has 1 saturated heterocycles. The second-order valence-corrected chi connectivity index (χ2v) is 8.24. The van der Waals surface area contributed by atoms with Crippen LogP contribution >= 0.6 is 0 Å². The second kappa shape index (κ2) is 12.1. The number of carboxylic acid groups (broad SMARTS) is 1. The number of carbonyl (C=O) groups excluding carboxylic acids is 2. The van der Waals surface area contributed by atoms with Crippen LogP contribution in [-0.4, -0.2) is 84.6 Å². The van der Waals surface area contributed by atoms with Crippen LogP contribution in [0.25, 0.3) is 17.1 Å². The Kier molecular flexibility index (Phi) is 8.94. The lowest BCUT2D eigenvalue weighted by Gasteiger charge is -2.17. The fourth-order valence-corrected chi connectivity index (χ4v) is 3.96. The molecule has 34 heavy (non-hydrogen) atoms. The quantitative estimate of drug-likeness (QED) is 0.328. The van der Waals surface area contributed by atoms with Crippen LogP contribution in [0.4, 0.5) is 0 Å². The minimum atomic E-state index is -0.590. The maximum Gasteiger partial charge on any atom is 0.345 e. The van der Waals surface area contributed by atoms with Gasteiger partial charge in [-0.1, -0.05) is 11.6 Å². The molecule has 0 saturated carbocycles. The number of esters is 1. The predicted molar refractivity (Wildman–Crippen MR) is 126 cm³/mol. The summed E-state index contributed by atoms with van der Waals surface area (Å²) in [7, 11) is 3.80. The van der Waals surface area contributed by atoms with Gasteiger partial charge in [-0.3, -0.25) is 9.59 Å². The third kappa shape index (κ3) is 6.30. The van der Waals surface area contributed by atoms with Crippen LogP contribution in [0.1, 0.15) is 24.8 Å². The molecule has 1 fully saturated rings. The van der Waals surface area contributed by atoms with Crippen LogP contribution in [-0.2, 0) is 23.9 Å². The highest BCUT2D eigenvalue weighted by Gasteiger charge is 2.36. The Balaban J connectivity index is 0.00000103. The van der Waals surface area contributed by atoms with Gasteiger partial charge in [0.1, 0.15) is 23.6 Å². The van der Waals surface area contributed by atoms with Crippen molar-refractivity contribution < 1.29 is 29.0 Å². The average Bonchev–Trinajstić information content (AvgIpc) is 3.31. The molecule has 2 aromatic heterocycles. The summed E-state index contributed by atoms with van der Waals surface area (Å²) in [6.45, 7) is 1.22. The number of fused-ring (bicyclic) bond motifs is 1. The maximum absolute atomic E-state index is 12.5. The molecule has 1 atom stereocenters. The Bertz CT molecular complexity index is 1090. The standard InChI is InChI=1S/C23H28N4O4.CH2O2/c1-27(2)10-11-30-23(29)20-19(28)14-31-21(20)18-6-5-15(7-9-24-18)12-16-13-26-22-17(16)4-3-8-25-22;2-1-3/h3-4,8,12-13,18,24H,5-7,9-11,14H2,1-2H3,(H,25,26);1H,(H,2,3). The number of ether oxygens (including phenoxy) is 2. The van der Waals surface area contributed by atoms with Gasteiger partial charge >= 0.3 is 5.97 Å². The number of hydrogen-bond donors (Lipinski definition) is 3. The molecule has 3 N–H and O–H groups in total. The van der Waals surface area contributed by atoms with Crippen LogP contribution in [0.2, 0.25) is 0 Å². The van der Waals surface area contributed by atoms with E-state index in [0.717, 1.165) is 42.4 Å². The van der Waals surface area contributed by atoms with E-state index in [0.29, 0.717) is 12.3 Å². The van der Waals surface area contributed by atoms with E-state index in [4.69, 9.17) is 19.4 Å². The summed E-state index contributed by atoms with van der Waals surface area (Å²) < 4.78 is 10.9. The first-order valence-electron chi connectivity index (χ1n) is 11.1. The van der Waals surface area contributed by atoms with Gasteiger partial charge < -0.3 is 29.8 Å². The van der Waals surface area contributed by atoms with Gasteiger partial charge in [-0.05, 0) is 52.0 Å². The van der Waals surface area contributed by atoms with Gasteiger partial charge in [-0.25, -0.2) is 9.78 Å². The van der Waals surface area contributed by atoms with Crippen molar-refractivity contribution in [3.63, 3.8) is 0 Å². The van der Waals surface area contributed by atoms with Crippen molar-refractivity contribution in [3.8, 4) is 0 Å². The number of nitrogens with one attached hydrogen (secondary N) is 2. The molecule has 0 aliphatic carbocycles. The third-order valence-electron chi connectivity index (χ3n) is 5.61. The van der Waals surface area contributed by atoms with Crippen LogP contribution in [0.15, 0.2) is 41.4 Å². The van der Waals surface area contributed by atoms with Crippen LogP contribution in [0.3, 0.4) is 0 Å². The normalized spacial score (nSPS) is 19.6. The summed E-state index contributed by atoms with van der Waals surface area (Å²) in [4.78, 5) is 42.7. The zero-order valence-electron chi connectivity index (χ0n) is 19.4. The molecule has 4 rings (SSSR count). The highest BCUT2D eigenvalue weighted by atomic mass is 16.5. The largest absolute Gasteiger partial charge is 0.487 e. The Morgan fingerprint density at radius 3 is 2.94 bits per heavy atom. The van der Waals surface area contributed by atoms with E-state index in [1.165, 1.54) is 5.57 Å². The van der Waals surface area contributed by atoms with Gasteiger partial charge in [-0.15, -0.1) is 0 Å². The van der Waals surface area contributed by atoms with Crippen LogP contribution in [0, 0.1) is 0 Å². The Morgan fingerprint density at radius 1 is 1.38 bits per heavy atom. The number of likely N-dealkylation sites (N-methyl/N-ethyl adjacent to an activating group) is 1. The van der Waals surface area contributed by atoms with E-state index in [2.05, 4.69) is 27.4 Å². The van der Waals surface area contributed by atoms with Crippen LogP contribution < -0.4 is 5.32 Å². The van der Waals surface area contributed by atoms with Crippen LogP contribution in [0.5, 0.6) is 0 Å². The number of pyridine rings is 1. The van der Waals surface area contributed by atoms with Gasteiger partial charge in [0.2, 0.25) is 5.78 Å². The average molecular weight is 471 g/mol. The zero-order chi connectivity index (χ0) is 24.5. The van der Waals surface area contributed by atoms with Gasteiger partial charge in [-0.2, -0.15) is 0 Å². The molecule has 0 radical (unpaired) electrons. The molecule has 4 heterocycles. The summed E-state index contributed by atoms with van der Waals surface area (Å²) in [6, 6.07) is 3.81. The molecule has 2 aliphatic heterocycles. The fourth-order valence-electron chi connectivity index (χ4n) is 3.96. The molecule has 0 amide bonds. The van der Waals surface area contributed by atoms with Gasteiger partial charge in [0.15, 0.2) is 6.61 Å². The molecule has 2 aromatic rings. The van der Waals surface area contributed by atoms with Crippen molar-refractivity contribution in [2.24, 2.45) is 0 Å². The second-order valence-electron chi connectivity index (χ2n) is 8.24. The highest BCUT2D eigenvalue weighted by Crippen LogP contribution is 2.28. The lowest BCUT2D eigenvalue weighted by atomic mass is 10.0. The van der Waals surface area contributed by atoms with E-state index >= 15 is 0 Å². The van der Waals surface area contributed by atoms with Gasteiger partial charge in [0.25, 0.3) is 6.47 Å². The topological polar surface area (TPSA) is 134 Å². The lowest BCUT2D eigenvalue weighted by molar-refractivity contribution is -0.140. The van der Waals surface area contributed by atoms with Crippen molar-refractivity contribution >= 4 is 35.3 Å². The summed E-state index contributed by atoms with van der Waals surface area (Å²) in [6.07, 6.45) is 8.42. The van der Waals surface area contributed by atoms with Crippen molar-refractivity contribution in [2.45, 2.75) is 25.3 Å². The van der Waals surface area contributed by atoms with E-state index in [-0.39, 0.29) is 37.1 Å². The molecule has 10 heteroatoms. The molecule has 2 aliphatic rings. The number of ketones is 1. The smallest absolute Gasteiger partial charge is 0.345 e. The monoisotopic (exact) mass is 470 g/mol. The number of hydrogen-bond acceptors (Lipinski definition) is 8. The van der Waals surface area contributed by atoms with Crippen molar-refractivity contribution in [3.05, 3.63) is 47.0 Å². The number of H-pyrrole nitrogens is 1. The fraction of sp³-hybridized carbons (Fsp3) is 0.417. The van der Waals surface area contributed by atoms with Gasteiger partial charge in [0.05, 0.1) is 6.04 Å². The highest BCUT2D eigenvalue weighted by molar-refractivity contribution is 6.19. The number of nitrogens with zero attached hydrogens (tertiary/aromatic N) is 2. The predicted octanol–water partition coefficient (Wildman–Crippen LogP) is 1.75. The summed E-state index contributed by atoms with van der Waals surface area (Å²) in [5, 5.41) is 11.4. The van der Waals surface area contributed by atoms with E-state index < -0.39 is 5.97 Å². The minimum Gasteiger partial charge on any atom is -0.487 e. The van der Waals surface area contributed by atoms with Crippen molar-refractivity contribution in [1.29, 1.82) is 0 Å². The maximum atomic E-state index is 12.5. The molecular weight excluding hydrogens is 440 g/mol. The third-order valence-corrected chi connectivity index (χ3v) is 5.61. The summed E-state index contributed by atoms with van der Waals surface area (Å²) >= 11 is 0. The number of carbonyl (C=O) groups is 3. The zero-order valence-corrected chi connectivity index (χ0v) is 19.4. The van der Waals surface area contributed by atoms with Crippen molar-refractivity contribution in [2.75, 3.05) is 40.4 Å². The summed E-state index contributed by atoms with van der Waals surface area (Å²) in [5.41, 5.74) is 3.36. The summed E-state index contributed by atoms with van der Waals surface area (Å²) in [5.74, 6) is -0.470. The Hall–Kier alpha value is -3.50. The molecule has 0 bridgehead atoms. The molecule has 10 nitrogen and oxygen atoms in total. The number of rotatable bonds is 6. The number of Topliss-reactive ketones (excluding diaryl/α,β-unsaturated/α-hetero) is 1. The molecular formula is C24H30N4O6. The van der Waals surface area contributed by atoms with Gasteiger partial charge in [0, 0.05) is 29.9 Å². The minimum absolute atomic E-state index is 0.0615. The lowest BCUT2D eigenvalue weighted by Crippen LogP contribution is -2.32. The Morgan fingerprint density at radius 2 is 2.18 bits per heavy atom. The Labute approximate surface area is 197 Å². The first kappa shape index (κ1) is 25.1. The molecule has 0 spiro atoms. The number of aromatic nitrogens is 2. The van der Waals surface area contributed by atoms with E-state index in [1.54, 1.807) is 6.20 Å². The molecule has 0 aromatic carbocycles. The first-order chi connectivity index (χ1) is 16.4. The number of aromatic amines is 1. The van der Waals surface area contributed by atoms with E-state index in [9.17, 15) is 9.59 Å². The molecule has 182 valence electrons. The van der Waals surface area contributed by atoms with Crippen molar-refractivity contribution in [1.82, 2.24) is 20.2 Å². The molecule has 1 unspecified atom stereocenters. The first-order valence-corrected chi connectivity index (χ1v) is 11.1. The SMILES string of the molecule is CN(C)CCOC(=O)C1=C(C2CCC(=Cc3c[nH]c4ncccc34)CCN2)OCC1=O.O=CO. The van der Waals surface area contributed by atoms with E-state index in [1.807, 2.05) is 31.3 Å².